The van der Waals surface area contributed by atoms with Crippen molar-refractivity contribution < 1.29 is 4.74 Å². The first-order valence-electron chi connectivity index (χ1n) is 9.05. The molecule has 142 valence electrons. The highest BCUT2D eigenvalue weighted by molar-refractivity contribution is 7.09. The van der Waals surface area contributed by atoms with Crippen molar-refractivity contribution >= 4 is 17.3 Å². The maximum atomic E-state index is 5.16. The van der Waals surface area contributed by atoms with E-state index in [0.717, 1.165) is 55.7 Å². The highest BCUT2D eigenvalue weighted by Crippen LogP contribution is 2.23. The van der Waals surface area contributed by atoms with E-state index in [-0.39, 0.29) is 5.41 Å². The van der Waals surface area contributed by atoms with Crippen LogP contribution >= 0.6 is 11.3 Å². The number of nitrogens with one attached hydrogen (secondary N) is 2. The Hall–Kier alpha value is -1.18. The van der Waals surface area contributed by atoms with Gasteiger partial charge in [-0.15, -0.1) is 11.3 Å². The van der Waals surface area contributed by atoms with E-state index >= 15 is 0 Å². The third-order valence-corrected chi connectivity index (χ3v) is 5.34. The Kier molecular flexibility index (Phi) is 7.65. The van der Waals surface area contributed by atoms with Crippen LogP contribution in [-0.4, -0.2) is 62.3 Å². The molecule has 2 N–H and O–H groups in total. The third-order valence-electron chi connectivity index (χ3n) is 4.49. The fourth-order valence-electron chi connectivity index (χ4n) is 2.81. The molecule has 0 radical (unpaired) electrons. The van der Waals surface area contributed by atoms with E-state index in [1.54, 1.807) is 18.4 Å². The molecular formula is C18H33N5OS. The molecule has 0 aliphatic carbocycles. The fraction of sp³-hybridized carbons (Fsp3) is 0.778. The highest BCUT2D eigenvalue weighted by Gasteiger charge is 2.20. The number of piperidine rings is 1. The first-order valence-corrected chi connectivity index (χ1v) is 9.93. The van der Waals surface area contributed by atoms with Crippen molar-refractivity contribution in [3.8, 4) is 0 Å². The Morgan fingerprint density at radius 3 is 2.68 bits per heavy atom. The predicted octanol–water partition coefficient (Wildman–Crippen LogP) is 2.22. The van der Waals surface area contributed by atoms with Crippen LogP contribution in [-0.2, 0) is 16.7 Å². The molecule has 0 amide bonds. The lowest BCUT2D eigenvalue weighted by atomic mass is 9.93. The van der Waals surface area contributed by atoms with Crippen LogP contribution < -0.4 is 10.6 Å². The van der Waals surface area contributed by atoms with E-state index in [4.69, 9.17) is 9.72 Å². The van der Waals surface area contributed by atoms with E-state index in [9.17, 15) is 0 Å². The molecule has 0 aromatic carbocycles. The number of guanidine groups is 1. The molecule has 6 nitrogen and oxygen atoms in total. The molecule has 0 spiro atoms. The van der Waals surface area contributed by atoms with Gasteiger partial charge in [0.05, 0.1) is 18.8 Å². The van der Waals surface area contributed by atoms with Crippen LogP contribution in [0, 0.1) is 0 Å². The van der Waals surface area contributed by atoms with Crippen LogP contribution in [0.2, 0.25) is 0 Å². The summed E-state index contributed by atoms with van der Waals surface area (Å²) in [4.78, 5) is 11.5. The Morgan fingerprint density at radius 2 is 2.12 bits per heavy atom. The van der Waals surface area contributed by atoms with Crippen molar-refractivity contribution in [3.63, 3.8) is 0 Å². The number of ether oxygens (including phenoxy) is 1. The van der Waals surface area contributed by atoms with Gasteiger partial charge in [0.2, 0.25) is 0 Å². The molecule has 0 saturated carbocycles. The minimum atomic E-state index is 0.103. The van der Waals surface area contributed by atoms with Gasteiger partial charge in [0, 0.05) is 50.6 Å². The number of aliphatic imine (C=N–C) groups is 1. The number of likely N-dealkylation sites (tertiary alicyclic amines) is 1. The van der Waals surface area contributed by atoms with E-state index in [1.807, 2.05) is 7.05 Å². The number of aromatic nitrogens is 1. The van der Waals surface area contributed by atoms with Crippen LogP contribution in [0.5, 0.6) is 0 Å². The Morgan fingerprint density at radius 1 is 1.40 bits per heavy atom. The van der Waals surface area contributed by atoms with E-state index in [1.165, 1.54) is 0 Å². The number of rotatable bonds is 6. The molecule has 1 aliphatic heterocycles. The van der Waals surface area contributed by atoms with Gasteiger partial charge >= 0.3 is 0 Å². The van der Waals surface area contributed by atoms with Gasteiger partial charge in [0.25, 0.3) is 0 Å². The summed E-state index contributed by atoms with van der Waals surface area (Å²) in [6, 6.07) is 0.478. The summed E-state index contributed by atoms with van der Waals surface area (Å²) >= 11 is 1.71. The molecule has 0 unspecified atom stereocenters. The second kappa shape index (κ2) is 9.50. The summed E-state index contributed by atoms with van der Waals surface area (Å²) in [5.74, 6) is 0.864. The van der Waals surface area contributed by atoms with E-state index < -0.39 is 0 Å². The Bertz CT molecular complexity index is 544. The third kappa shape index (κ3) is 6.56. The van der Waals surface area contributed by atoms with Crippen molar-refractivity contribution in [2.75, 3.05) is 40.4 Å². The van der Waals surface area contributed by atoms with Gasteiger partial charge in [0.15, 0.2) is 5.96 Å². The lowest BCUT2D eigenvalue weighted by Crippen LogP contribution is -2.48. The minimum absolute atomic E-state index is 0.103. The molecule has 1 aromatic heterocycles. The van der Waals surface area contributed by atoms with Crippen LogP contribution in [0.4, 0.5) is 0 Å². The number of methoxy groups -OCH3 is 1. The molecule has 1 fully saturated rings. The first kappa shape index (κ1) is 20.1. The first-order chi connectivity index (χ1) is 11.9. The molecule has 0 bridgehead atoms. The van der Waals surface area contributed by atoms with Gasteiger partial charge in [-0.05, 0) is 12.8 Å². The highest BCUT2D eigenvalue weighted by atomic mass is 32.1. The maximum Gasteiger partial charge on any atom is 0.191 e. The van der Waals surface area contributed by atoms with Gasteiger partial charge in [0.1, 0.15) is 5.01 Å². The Balaban J connectivity index is 1.75. The lowest BCUT2D eigenvalue weighted by Gasteiger charge is -2.32. The van der Waals surface area contributed by atoms with Crippen LogP contribution in [0.25, 0.3) is 0 Å². The zero-order valence-corrected chi connectivity index (χ0v) is 17.1. The van der Waals surface area contributed by atoms with Gasteiger partial charge in [-0.3, -0.25) is 4.99 Å². The molecule has 25 heavy (non-hydrogen) atoms. The summed E-state index contributed by atoms with van der Waals surface area (Å²) < 4.78 is 5.16. The van der Waals surface area contributed by atoms with Gasteiger partial charge in [-0.25, -0.2) is 4.98 Å². The summed E-state index contributed by atoms with van der Waals surface area (Å²) in [5, 5.41) is 10.2. The number of hydrogen-bond donors (Lipinski definition) is 2. The smallest absolute Gasteiger partial charge is 0.191 e. The summed E-state index contributed by atoms with van der Waals surface area (Å²) in [6.45, 7) is 11.4. The van der Waals surface area contributed by atoms with Crippen molar-refractivity contribution in [2.45, 2.75) is 51.6 Å². The zero-order chi connectivity index (χ0) is 18.3. The summed E-state index contributed by atoms with van der Waals surface area (Å²) in [6.07, 6.45) is 2.27. The SMILES string of the molecule is CN=C(NCc1nc(C(C)(C)C)cs1)NC1CCN(CCOC)CC1. The van der Waals surface area contributed by atoms with Crippen LogP contribution in [0.15, 0.2) is 10.4 Å². The maximum absolute atomic E-state index is 5.16. The summed E-state index contributed by atoms with van der Waals surface area (Å²) in [5.41, 5.74) is 1.26. The van der Waals surface area contributed by atoms with Gasteiger partial charge < -0.3 is 20.3 Å². The summed E-state index contributed by atoms with van der Waals surface area (Å²) in [7, 11) is 3.59. The normalized spacial score (nSPS) is 17.7. The van der Waals surface area contributed by atoms with Crippen molar-refractivity contribution in [1.82, 2.24) is 20.5 Å². The standard InChI is InChI=1S/C18H33N5OS/c1-18(2,3)15-13-25-16(22-15)12-20-17(19-4)21-14-6-8-23(9-7-14)10-11-24-5/h13-14H,6-12H2,1-5H3,(H2,19,20,21). The predicted molar refractivity (Wildman–Crippen MR) is 105 cm³/mol. The molecule has 1 aromatic rings. The molecule has 0 atom stereocenters. The van der Waals surface area contributed by atoms with Crippen LogP contribution in [0.1, 0.15) is 44.3 Å². The second-order valence-corrected chi connectivity index (χ2v) is 8.50. The molecule has 7 heteroatoms. The number of nitrogens with zero attached hydrogens (tertiary/aromatic N) is 3. The average molecular weight is 368 g/mol. The second-order valence-electron chi connectivity index (χ2n) is 7.56. The molecule has 1 saturated heterocycles. The number of thiazole rings is 1. The number of hydrogen-bond acceptors (Lipinski definition) is 5. The van der Waals surface area contributed by atoms with Crippen molar-refractivity contribution in [1.29, 1.82) is 0 Å². The topological polar surface area (TPSA) is 61.8 Å². The Labute approximate surface area is 156 Å². The lowest BCUT2D eigenvalue weighted by molar-refractivity contribution is 0.128. The zero-order valence-electron chi connectivity index (χ0n) is 16.3. The van der Waals surface area contributed by atoms with Gasteiger partial charge in [-0.2, -0.15) is 0 Å². The van der Waals surface area contributed by atoms with E-state index in [0.29, 0.717) is 12.6 Å². The molecule has 1 aliphatic rings. The van der Waals surface area contributed by atoms with Gasteiger partial charge in [-0.1, -0.05) is 20.8 Å². The molecule has 2 heterocycles. The van der Waals surface area contributed by atoms with E-state index in [2.05, 4.69) is 46.7 Å². The van der Waals surface area contributed by atoms with Crippen LogP contribution in [0.3, 0.4) is 0 Å². The van der Waals surface area contributed by atoms with Crippen molar-refractivity contribution in [2.24, 2.45) is 4.99 Å². The quantitative estimate of drug-likeness (QED) is 0.596. The fourth-order valence-corrected chi connectivity index (χ4v) is 3.77. The minimum Gasteiger partial charge on any atom is -0.383 e. The average Bonchev–Trinajstić information content (AvgIpc) is 3.07. The van der Waals surface area contributed by atoms with Crippen molar-refractivity contribution in [3.05, 3.63) is 16.1 Å². The molecule has 2 rings (SSSR count). The largest absolute Gasteiger partial charge is 0.383 e. The molecular weight excluding hydrogens is 334 g/mol. The monoisotopic (exact) mass is 367 g/mol.